The molecular formula is C15H19N5. The van der Waals surface area contributed by atoms with Crippen LogP contribution < -0.4 is 5.32 Å². The molecule has 0 fully saturated rings. The molecule has 0 aliphatic carbocycles. The van der Waals surface area contributed by atoms with Crippen LogP contribution in [0.25, 0.3) is 5.65 Å². The summed E-state index contributed by atoms with van der Waals surface area (Å²) in [7, 11) is 1.97. The van der Waals surface area contributed by atoms with E-state index in [1.165, 1.54) is 11.3 Å². The number of pyridine rings is 1. The highest BCUT2D eigenvalue weighted by atomic mass is 15.3. The minimum absolute atomic E-state index is 0.258. The summed E-state index contributed by atoms with van der Waals surface area (Å²) in [6, 6.07) is 6.28. The van der Waals surface area contributed by atoms with E-state index in [1.54, 1.807) is 0 Å². The van der Waals surface area contributed by atoms with E-state index in [-0.39, 0.29) is 6.04 Å². The zero-order valence-electron chi connectivity index (χ0n) is 12.0. The number of hydrogen-bond acceptors (Lipinski definition) is 3. The maximum Gasteiger partial charge on any atom is 0.137 e. The molecule has 0 aromatic carbocycles. The van der Waals surface area contributed by atoms with Gasteiger partial charge in [0.2, 0.25) is 0 Å². The van der Waals surface area contributed by atoms with Gasteiger partial charge in [0.25, 0.3) is 0 Å². The van der Waals surface area contributed by atoms with Gasteiger partial charge in [0.05, 0.1) is 11.9 Å². The molecule has 0 bridgehead atoms. The maximum absolute atomic E-state index is 4.59. The first-order valence-electron chi connectivity index (χ1n) is 6.79. The lowest BCUT2D eigenvalue weighted by atomic mass is 10.1. The van der Waals surface area contributed by atoms with Gasteiger partial charge in [-0.15, -0.1) is 0 Å². The van der Waals surface area contributed by atoms with Crippen LogP contribution in [0.3, 0.4) is 0 Å². The van der Waals surface area contributed by atoms with Crippen molar-refractivity contribution in [3.63, 3.8) is 0 Å². The molecule has 0 radical (unpaired) electrons. The summed E-state index contributed by atoms with van der Waals surface area (Å²) in [5.74, 6) is 0. The van der Waals surface area contributed by atoms with Crippen molar-refractivity contribution >= 4 is 5.65 Å². The molecule has 0 saturated heterocycles. The van der Waals surface area contributed by atoms with E-state index in [2.05, 4.69) is 35.4 Å². The first kappa shape index (κ1) is 12.9. The van der Waals surface area contributed by atoms with E-state index in [9.17, 15) is 0 Å². The third-order valence-electron chi connectivity index (χ3n) is 3.74. The highest BCUT2D eigenvalue weighted by molar-refractivity contribution is 5.39. The quantitative estimate of drug-likeness (QED) is 0.790. The second-order valence-electron chi connectivity index (χ2n) is 5.11. The molecule has 0 spiro atoms. The van der Waals surface area contributed by atoms with Crippen molar-refractivity contribution in [3.05, 3.63) is 53.7 Å². The Kier molecular flexibility index (Phi) is 3.28. The third-order valence-corrected chi connectivity index (χ3v) is 3.74. The van der Waals surface area contributed by atoms with Crippen LogP contribution in [0, 0.1) is 6.92 Å². The van der Waals surface area contributed by atoms with Gasteiger partial charge in [-0.05, 0) is 26.0 Å². The highest BCUT2D eigenvalue weighted by Crippen LogP contribution is 2.16. The normalized spacial score (nSPS) is 12.9. The Morgan fingerprint density at radius 3 is 2.90 bits per heavy atom. The molecule has 3 rings (SSSR count). The molecule has 1 atom stereocenters. The second kappa shape index (κ2) is 5.09. The SMILES string of the molecule is Cc1c(C(C)NCc2cn3ccccc3n2)cnn1C. The van der Waals surface area contributed by atoms with Crippen LogP contribution in [0.4, 0.5) is 0 Å². The van der Waals surface area contributed by atoms with Crippen LogP contribution in [0.5, 0.6) is 0 Å². The van der Waals surface area contributed by atoms with Gasteiger partial charge in [-0.1, -0.05) is 6.07 Å². The Balaban J connectivity index is 1.71. The predicted octanol–water partition coefficient (Wildman–Crippen LogP) is 2.23. The summed E-state index contributed by atoms with van der Waals surface area (Å²) in [6.07, 6.45) is 6.00. The largest absolute Gasteiger partial charge is 0.307 e. The molecule has 1 unspecified atom stereocenters. The van der Waals surface area contributed by atoms with E-state index in [1.807, 2.05) is 46.7 Å². The highest BCUT2D eigenvalue weighted by Gasteiger charge is 2.12. The topological polar surface area (TPSA) is 47.1 Å². The Bertz CT molecular complexity index is 692. The van der Waals surface area contributed by atoms with E-state index < -0.39 is 0 Å². The van der Waals surface area contributed by atoms with Gasteiger partial charge in [0, 0.05) is 43.3 Å². The van der Waals surface area contributed by atoms with E-state index >= 15 is 0 Å². The fraction of sp³-hybridized carbons (Fsp3) is 0.333. The Labute approximate surface area is 118 Å². The van der Waals surface area contributed by atoms with Gasteiger partial charge >= 0.3 is 0 Å². The summed E-state index contributed by atoms with van der Waals surface area (Å²) in [6.45, 7) is 4.99. The maximum atomic E-state index is 4.59. The molecule has 3 heterocycles. The van der Waals surface area contributed by atoms with Gasteiger partial charge in [0.15, 0.2) is 0 Å². The zero-order chi connectivity index (χ0) is 14.1. The number of fused-ring (bicyclic) bond motifs is 1. The first-order valence-corrected chi connectivity index (χ1v) is 6.79. The van der Waals surface area contributed by atoms with Crippen LogP contribution in [0.15, 0.2) is 36.8 Å². The smallest absolute Gasteiger partial charge is 0.137 e. The van der Waals surface area contributed by atoms with Crippen LogP contribution in [0.2, 0.25) is 0 Å². The van der Waals surface area contributed by atoms with Crippen LogP contribution in [0.1, 0.15) is 29.9 Å². The molecule has 5 nitrogen and oxygen atoms in total. The Morgan fingerprint density at radius 1 is 1.35 bits per heavy atom. The minimum atomic E-state index is 0.258. The number of aryl methyl sites for hydroxylation is 1. The summed E-state index contributed by atoms with van der Waals surface area (Å²) in [4.78, 5) is 4.59. The molecule has 0 aliphatic rings. The predicted molar refractivity (Wildman–Crippen MR) is 78.4 cm³/mol. The Hall–Kier alpha value is -2.14. The lowest BCUT2D eigenvalue weighted by molar-refractivity contribution is 0.565. The molecule has 5 heteroatoms. The van der Waals surface area contributed by atoms with Crippen LogP contribution in [-0.2, 0) is 13.6 Å². The molecule has 3 aromatic heterocycles. The van der Waals surface area contributed by atoms with E-state index in [0.29, 0.717) is 0 Å². The fourth-order valence-corrected chi connectivity index (χ4v) is 2.38. The monoisotopic (exact) mass is 269 g/mol. The number of nitrogens with zero attached hydrogens (tertiary/aromatic N) is 4. The van der Waals surface area contributed by atoms with Crippen molar-refractivity contribution in [2.45, 2.75) is 26.4 Å². The number of imidazole rings is 1. The van der Waals surface area contributed by atoms with Crippen LogP contribution in [-0.4, -0.2) is 19.2 Å². The zero-order valence-corrected chi connectivity index (χ0v) is 12.0. The average molecular weight is 269 g/mol. The fourth-order valence-electron chi connectivity index (χ4n) is 2.38. The summed E-state index contributed by atoms with van der Waals surface area (Å²) in [5.41, 5.74) is 4.45. The molecule has 3 aromatic rings. The van der Waals surface area contributed by atoms with Crippen molar-refractivity contribution < 1.29 is 0 Å². The lowest BCUT2D eigenvalue weighted by Gasteiger charge is -2.12. The molecule has 0 amide bonds. The molecular weight excluding hydrogens is 250 g/mol. The molecule has 0 saturated carbocycles. The number of rotatable bonds is 4. The summed E-state index contributed by atoms with van der Waals surface area (Å²) < 4.78 is 3.94. The molecule has 104 valence electrons. The number of aromatic nitrogens is 4. The number of nitrogens with one attached hydrogen (secondary N) is 1. The third kappa shape index (κ3) is 2.32. The number of hydrogen-bond donors (Lipinski definition) is 1. The van der Waals surface area contributed by atoms with Gasteiger partial charge in [-0.25, -0.2) is 4.98 Å². The van der Waals surface area contributed by atoms with Crippen molar-refractivity contribution in [3.8, 4) is 0 Å². The van der Waals surface area contributed by atoms with E-state index in [4.69, 9.17) is 0 Å². The second-order valence-corrected chi connectivity index (χ2v) is 5.11. The first-order chi connectivity index (χ1) is 9.65. The van der Waals surface area contributed by atoms with Crippen molar-refractivity contribution in [1.82, 2.24) is 24.5 Å². The molecule has 0 aliphatic heterocycles. The lowest BCUT2D eigenvalue weighted by Crippen LogP contribution is -2.18. The molecule has 20 heavy (non-hydrogen) atoms. The van der Waals surface area contributed by atoms with Crippen molar-refractivity contribution in [2.75, 3.05) is 0 Å². The van der Waals surface area contributed by atoms with Crippen molar-refractivity contribution in [1.29, 1.82) is 0 Å². The van der Waals surface area contributed by atoms with Gasteiger partial charge in [-0.3, -0.25) is 4.68 Å². The standard InChI is InChI=1S/C15H19N5/c1-11(14-9-17-19(3)12(14)2)16-8-13-10-20-7-5-4-6-15(20)18-13/h4-7,9-11,16H,8H2,1-3H3. The van der Waals surface area contributed by atoms with Crippen molar-refractivity contribution in [2.24, 2.45) is 7.05 Å². The van der Waals surface area contributed by atoms with Gasteiger partial charge < -0.3 is 9.72 Å². The minimum Gasteiger partial charge on any atom is -0.307 e. The van der Waals surface area contributed by atoms with Gasteiger partial charge in [0.1, 0.15) is 5.65 Å². The average Bonchev–Trinajstić information content (AvgIpc) is 3.00. The van der Waals surface area contributed by atoms with Crippen LogP contribution >= 0.6 is 0 Å². The summed E-state index contributed by atoms with van der Waals surface area (Å²) in [5, 5.41) is 7.79. The summed E-state index contributed by atoms with van der Waals surface area (Å²) >= 11 is 0. The van der Waals surface area contributed by atoms with E-state index in [0.717, 1.165) is 17.9 Å². The Morgan fingerprint density at radius 2 is 2.20 bits per heavy atom. The van der Waals surface area contributed by atoms with Gasteiger partial charge in [-0.2, -0.15) is 5.10 Å². The molecule has 1 N–H and O–H groups in total.